The number of carbonyl (C=O) groups is 10. The fourth-order valence-electron chi connectivity index (χ4n) is 6.30. The summed E-state index contributed by atoms with van der Waals surface area (Å²) in [5, 5.41) is 36.2. The van der Waals surface area contributed by atoms with Crippen molar-refractivity contribution in [3.8, 4) is 0 Å². The molecule has 0 saturated heterocycles. The van der Waals surface area contributed by atoms with Crippen molar-refractivity contribution in [3.63, 3.8) is 0 Å². The average Bonchev–Trinajstić information content (AvgIpc) is 3.78. The number of H-pyrrole nitrogens is 1. The van der Waals surface area contributed by atoms with Crippen molar-refractivity contribution in [1.82, 2.24) is 47.2 Å². The number of carboxylic acids is 2. The Bertz CT molecular complexity index is 1870. The molecule has 1 rings (SSSR count). The van der Waals surface area contributed by atoms with Crippen molar-refractivity contribution in [2.45, 2.75) is 127 Å². The summed E-state index contributed by atoms with van der Waals surface area (Å²) < 4.78 is 0. The molecule has 28 heteroatoms. The lowest BCUT2D eigenvalue weighted by Gasteiger charge is -2.27. The normalized spacial score (nSPS) is 14.0. The maximum atomic E-state index is 13.9. The Morgan fingerprint density at radius 1 is 0.721 bits per heavy atom. The zero-order chi connectivity index (χ0) is 51.3. The molecule has 382 valence electrons. The molecule has 1 aromatic heterocycles. The molecule has 1 aromatic rings. The van der Waals surface area contributed by atoms with Crippen molar-refractivity contribution in [1.29, 1.82) is 0 Å². The Hall–Kier alpha value is -6.55. The third-order valence-corrected chi connectivity index (χ3v) is 10.5. The van der Waals surface area contributed by atoms with Crippen molar-refractivity contribution < 1.29 is 58.2 Å². The second-order valence-electron chi connectivity index (χ2n) is 16.1. The van der Waals surface area contributed by atoms with Gasteiger partial charge in [-0.15, -0.1) is 0 Å². The quantitative estimate of drug-likeness (QED) is 0.0172. The summed E-state index contributed by atoms with van der Waals surface area (Å²) in [5.41, 5.74) is 28.1. The van der Waals surface area contributed by atoms with Crippen molar-refractivity contribution in [3.05, 3.63) is 18.2 Å². The lowest BCUT2D eigenvalue weighted by Crippen LogP contribution is -2.60. The van der Waals surface area contributed by atoms with E-state index in [4.69, 9.17) is 28.7 Å². The first kappa shape index (κ1) is 59.5. The molecule has 0 radical (unpaired) electrons. The Morgan fingerprint density at radius 3 is 1.81 bits per heavy atom. The second-order valence-corrected chi connectivity index (χ2v) is 17.1. The maximum absolute atomic E-state index is 13.9. The van der Waals surface area contributed by atoms with Crippen molar-refractivity contribution in [2.75, 3.05) is 31.6 Å². The molecule has 0 aliphatic carbocycles. The molecule has 0 spiro atoms. The molecule has 68 heavy (non-hydrogen) atoms. The number of aliphatic carboxylic acids is 2. The predicted molar refractivity (Wildman–Crippen MR) is 248 cm³/mol. The molecule has 0 aromatic carbocycles. The van der Waals surface area contributed by atoms with Gasteiger partial charge in [0.1, 0.15) is 36.3 Å². The minimum absolute atomic E-state index is 0.0247. The fraction of sp³-hybridized carbons (Fsp3) is 0.650. The summed E-state index contributed by atoms with van der Waals surface area (Å²) in [5.74, 6) is -10.1. The number of nitrogens with two attached hydrogens (primary N) is 5. The number of nitrogens with one attached hydrogen (secondary N) is 8. The highest BCUT2D eigenvalue weighted by Gasteiger charge is 2.34. The number of thioether (sulfide) groups is 1. The number of aliphatic imine (C=N–C) groups is 1. The van der Waals surface area contributed by atoms with Gasteiger partial charge in [0.25, 0.3) is 0 Å². The molecule has 1 heterocycles. The van der Waals surface area contributed by atoms with Crippen LogP contribution in [0, 0.1) is 5.92 Å². The first-order chi connectivity index (χ1) is 32.1. The molecule has 0 aliphatic rings. The highest BCUT2D eigenvalue weighted by Crippen LogP contribution is 2.10. The predicted octanol–water partition coefficient (Wildman–Crippen LogP) is -4.89. The number of carboxylic acid groups (broad SMARTS) is 2. The Balaban J connectivity index is 3.26. The Morgan fingerprint density at radius 2 is 1.28 bits per heavy atom. The monoisotopic (exact) mass is 983 g/mol. The minimum atomic E-state index is -1.77. The van der Waals surface area contributed by atoms with Crippen LogP contribution in [0.5, 0.6) is 0 Å². The van der Waals surface area contributed by atoms with Crippen molar-refractivity contribution in [2.24, 2.45) is 39.6 Å². The number of primary amides is 1. The second kappa shape index (κ2) is 32.2. The third-order valence-electron chi connectivity index (χ3n) is 9.82. The number of unbranched alkanes of at least 4 members (excludes halogenated alkanes) is 1. The van der Waals surface area contributed by atoms with Crippen LogP contribution in [0.25, 0.3) is 0 Å². The van der Waals surface area contributed by atoms with Gasteiger partial charge < -0.3 is 81.1 Å². The summed E-state index contributed by atoms with van der Waals surface area (Å²) in [6.07, 6.45) is 3.93. The minimum Gasteiger partial charge on any atom is -0.481 e. The molecule has 0 unspecified atom stereocenters. The van der Waals surface area contributed by atoms with Crippen LogP contribution in [-0.2, 0) is 54.4 Å². The number of imidazole rings is 1. The zero-order valence-electron chi connectivity index (χ0n) is 38.5. The van der Waals surface area contributed by atoms with E-state index in [0.29, 0.717) is 18.5 Å². The highest BCUT2D eigenvalue weighted by atomic mass is 32.2. The smallest absolute Gasteiger partial charge is 0.326 e. The van der Waals surface area contributed by atoms with Gasteiger partial charge in [-0.1, -0.05) is 13.8 Å². The van der Waals surface area contributed by atoms with Gasteiger partial charge in [0.15, 0.2) is 5.96 Å². The number of nitrogens with zero attached hydrogens (tertiary/aromatic N) is 2. The van der Waals surface area contributed by atoms with E-state index >= 15 is 0 Å². The number of rotatable bonds is 35. The molecule has 0 fully saturated rings. The standard InChI is InChI=1S/C40H69N15O12S/c1-21(2)15-28(34(61)48-19-31(57)50-27(39(66)67)8-6-13-47-40(44)45)54-36(63)25(9-10-30(43)56)52-37(64)26(11-14-68-3)53-38(65)29(17-32(58)59)55-35(62)24(7-4-5-12-41)51-33(60)23(42)16-22-18-46-20-49-22/h18,20-21,23-29H,4-17,19,41-42H2,1-3H3,(H2,43,56)(H,46,49)(H,48,61)(H,50,57)(H,51,60)(H,52,64)(H,53,65)(H,54,63)(H,55,62)(H,58,59)(H,66,67)(H4,44,45,47)/t23-,24-,25-,26-,27-,28-,29-/m0/s1. The van der Waals surface area contributed by atoms with E-state index in [2.05, 4.69) is 52.2 Å². The largest absolute Gasteiger partial charge is 0.481 e. The summed E-state index contributed by atoms with van der Waals surface area (Å²) in [4.78, 5) is 140. The van der Waals surface area contributed by atoms with E-state index < -0.39 is 121 Å². The first-order valence-corrected chi connectivity index (χ1v) is 23.3. The molecule has 0 bridgehead atoms. The molecule has 0 saturated carbocycles. The number of amides is 8. The topological polar surface area (TPSA) is 467 Å². The Labute approximate surface area is 397 Å². The van der Waals surface area contributed by atoms with Gasteiger partial charge in [0.2, 0.25) is 47.3 Å². The molecule has 8 amide bonds. The van der Waals surface area contributed by atoms with Gasteiger partial charge in [0, 0.05) is 31.3 Å². The summed E-state index contributed by atoms with van der Waals surface area (Å²) >= 11 is 1.28. The number of aromatic amines is 1. The molecular weight excluding hydrogens is 915 g/mol. The van der Waals surface area contributed by atoms with E-state index in [1.54, 1.807) is 20.1 Å². The maximum Gasteiger partial charge on any atom is 0.326 e. The van der Waals surface area contributed by atoms with E-state index in [1.807, 2.05) is 0 Å². The SMILES string of the molecule is CSCC[C@H](NC(=O)[C@H](CC(=O)O)NC(=O)[C@H](CCCCN)NC(=O)[C@@H](N)Cc1cnc[nH]1)C(=O)N[C@@H](CCC(N)=O)C(=O)N[C@@H](CC(C)C)C(=O)NCC(=O)N[C@@H](CCCN=C(N)N)C(=O)O. The number of guanidine groups is 1. The lowest BCUT2D eigenvalue weighted by atomic mass is 10.0. The van der Waals surface area contributed by atoms with Gasteiger partial charge in [-0.25, -0.2) is 9.78 Å². The summed E-state index contributed by atoms with van der Waals surface area (Å²) in [6, 6.07) is -9.75. The van der Waals surface area contributed by atoms with Crippen LogP contribution in [0.15, 0.2) is 17.5 Å². The molecular formula is C40H69N15O12S. The number of hydrogen-bond acceptors (Lipinski definition) is 15. The van der Waals surface area contributed by atoms with Crippen LogP contribution in [0.1, 0.15) is 83.7 Å². The lowest BCUT2D eigenvalue weighted by molar-refractivity contribution is -0.142. The molecule has 0 aliphatic heterocycles. The van der Waals surface area contributed by atoms with Crippen LogP contribution < -0.4 is 65.9 Å². The van der Waals surface area contributed by atoms with E-state index in [9.17, 15) is 58.2 Å². The molecule has 27 nitrogen and oxygen atoms in total. The zero-order valence-corrected chi connectivity index (χ0v) is 39.4. The molecule has 20 N–H and O–H groups in total. The number of hydrogen-bond donors (Lipinski definition) is 15. The van der Waals surface area contributed by atoms with Crippen LogP contribution >= 0.6 is 11.8 Å². The van der Waals surface area contributed by atoms with Crippen LogP contribution in [0.2, 0.25) is 0 Å². The van der Waals surface area contributed by atoms with E-state index in [0.717, 1.165) is 0 Å². The highest BCUT2D eigenvalue weighted by molar-refractivity contribution is 7.98. The summed E-state index contributed by atoms with van der Waals surface area (Å²) in [7, 11) is 0. The fourth-order valence-corrected chi connectivity index (χ4v) is 6.77. The molecule has 7 atom stereocenters. The van der Waals surface area contributed by atoms with Crippen LogP contribution in [-0.4, -0.2) is 159 Å². The average molecular weight is 984 g/mol. The van der Waals surface area contributed by atoms with Crippen LogP contribution in [0.3, 0.4) is 0 Å². The van der Waals surface area contributed by atoms with Gasteiger partial charge in [-0.2, -0.15) is 11.8 Å². The van der Waals surface area contributed by atoms with E-state index in [-0.39, 0.29) is 75.7 Å². The van der Waals surface area contributed by atoms with Gasteiger partial charge in [0.05, 0.1) is 25.3 Å². The summed E-state index contributed by atoms with van der Waals surface area (Å²) in [6.45, 7) is 3.19. The van der Waals surface area contributed by atoms with Crippen LogP contribution in [0.4, 0.5) is 0 Å². The van der Waals surface area contributed by atoms with Gasteiger partial charge in [-0.3, -0.25) is 48.1 Å². The number of aromatic nitrogens is 2. The van der Waals surface area contributed by atoms with Gasteiger partial charge in [-0.05, 0) is 75.8 Å². The first-order valence-electron chi connectivity index (χ1n) is 21.9. The van der Waals surface area contributed by atoms with E-state index in [1.165, 1.54) is 24.3 Å². The third kappa shape index (κ3) is 24.8. The van der Waals surface area contributed by atoms with Crippen molar-refractivity contribution >= 4 is 76.9 Å². The van der Waals surface area contributed by atoms with Gasteiger partial charge >= 0.3 is 11.9 Å². The Kier molecular flexibility index (Phi) is 28.2. The number of carbonyl (C=O) groups excluding carboxylic acids is 8.